The van der Waals surface area contributed by atoms with Crippen molar-refractivity contribution in [3.8, 4) is 22.8 Å². The lowest BCUT2D eigenvalue weighted by Gasteiger charge is -2.33. The summed E-state index contributed by atoms with van der Waals surface area (Å²) in [6, 6.07) is 17.7. The monoisotopic (exact) mass is 471 g/mol. The number of amides is 1. The molecule has 0 bridgehead atoms. The predicted octanol–water partition coefficient (Wildman–Crippen LogP) is 3.95. The molecule has 0 radical (unpaired) electrons. The van der Waals surface area contributed by atoms with E-state index in [0.29, 0.717) is 13.1 Å². The van der Waals surface area contributed by atoms with E-state index in [2.05, 4.69) is 15.2 Å². The van der Waals surface area contributed by atoms with Crippen LogP contribution in [0.5, 0.6) is 11.5 Å². The Morgan fingerprint density at radius 1 is 1.09 bits per heavy atom. The van der Waals surface area contributed by atoms with Gasteiger partial charge in [0.2, 0.25) is 5.91 Å². The van der Waals surface area contributed by atoms with Crippen molar-refractivity contribution in [2.75, 3.05) is 32.2 Å². The highest BCUT2D eigenvalue weighted by Crippen LogP contribution is 2.29. The summed E-state index contributed by atoms with van der Waals surface area (Å²) in [7, 11) is 3.30. The maximum absolute atomic E-state index is 13.0. The topological polar surface area (TPSA) is 81.0 Å². The van der Waals surface area contributed by atoms with Gasteiger partial charge in [-0.1, -0.05) is 24.3 Å². The fourth-order valence-electron chi connectivity index (χ4n) is 4.57. The molecule has 1 amide bonds. The van der Waals surface area contributed by atoms with Crippen molar-refractivity contribution in [3.63, 3.8) is 0 Å². The van der Waals surface area contributed by atoms with Crippen LogP contribution < -0.4 is 19.7 Å². The van der Waals surface area contributed by atoms with E-state index in [0.717, 1.165) is 59.0 Å². The average Bonchev–Trinajstić information content (AvgIpc) is 3.36. The van der Waals surface area contributed by atoms with E-state index in [-0.39, 0.29) is 11.8 Å². The molecule has 0 saturated carbocycles. The number of nitrogens with zero attached hydrogens (tertiary/aromatic N) is 4. The molecule has 1 saturated heterocycles. The first-order valence-electron chi connectivity index (χ1n) is 11.8. The molecule has 2 aromatic carbocycles. The fraction of sp³-hybridized carbons (Fsp3) is 0.296. The van der Waals surface area contributed by atoms with Crippen LogP contribution in [0.15, 0.2) is 67.0 Å². The van der Waals surface area contributed by atoms with E-state index in [4.69, 9.17) is 14.6 Å². The molecule has 1 aliphatic rings. The van der Waals surface area contributed by atoms with Gasteiger partial charge < -0.3 is 19.7 Å². The van der Waals surface area contributed by atoms with Crippen molar-refractivity contribution in [1.82, 2.24) is 19.9 Å². The van der Waals surface area contributed by atoms with Gasteiger partial charge in [-0.15, -0.1) is 0 Å². The Labute approximate surface area is 204 Å². The van der Waals surface area contributed by atoms with Gasteiger partial charge in [-0.05, 0) is 48.7 Å². The van der Waals surface area contributed by atoms with E-state index in [1.54, 1.807) is 20.4 Å². The Hall–Kier alpha value is -4.07. The van der Waals surface area contributed by atoms with Crippen molar-refractivity contribution in [1.29, 1.82) is 0 Å². The number of hydrogen-bond acceptors (Lipinski definition) is 6. The summed E-state index contributed by atoms with van der Waals surface area (Å²) < 4.78 is 12.5. The molecule has 0 aliphatic carbocycles. The zero-order valence-corrected chi connectivity index (χ0v) is 20.0. The van der Waals surface area contributed by atoms with Gasteiger partial charge in [0.25, 0.3) is 0 Å². The predicted molar refractivity (Wildman–Crippen MR) is 135 cm³/mol. The Morgan fingerprint density at radius 2 is 1.89 bits per heavy atom. The van der Waals surface area contributed by atoms with Crippen LogP contribution in [0.25, 0.3) is 16.8 Å². The summed E-state index contributed by atoms with van der Waals surface area (Å²) in [5, 5.41) is 7.84. The van der Waals surface area contributed by atoms with Crippen LogP contribution in [0.3, 0.4) is 0 Å². The van der Waals surface area contributed by atoms with Crippen molar-refractivity contribution in [2.24, 2.45) is 5.92 Å². The van der Waals surface area contributed by atoms with E-state index in [9.17, 15) is 4.79 Å². The van der Waals surface area contributed by atoms with Gasteiger partial charge in [0.1, 0.15) is 17.0 Å². The minimum absolute atomic E-state index is 0.0649. The molecule has 2 aromatic heterocycles. The third-order valence-electron chi connectivity index (χ3n) is 6.43. The normalized spacial score (nSPS) is 15.7. The van der Waals surface area contributed by atoms with Crippen LogP contribution in [0.2, 0.25) is 0 Å². The summed E-state index contributed by atoms with van der Waals surface area (Å²) in [6.07, 6.45) is 5.40. The summed E-state index contributed by atoms with van der Waals surface area (Å²) in [5.41, 5.74) is 3.76. The summed E-state index contributed by atoms with van der Waals surface area (Å²) in [4.78, 5) is 19.9. The van der Waals surface area contributed by atoms with Crippen LogP contribution in [0.4, 0.5) is 5.82 Å². The Balaban J connectivity index is 1.32. The average molecular weight is 472 g/mol. The number of carbonyl (C=O) groups is 1. The number of anilines is 1. The molecule has 35 heavy (non-hydrogen) atoms. The maximum Gasteiger partial charge on any atom is 0.225 e. The number of hydrogen-bond donors (Lipinski definition) is 1. The molecule has 1 aliphatic heterocycles. The highest BCUT2D eigenvalue weighted by atomic mass is 16.5. The lowest BCUT2D eigenvalue weighted by molar-refractivity contribution is -0.125. The van der Waals surface area contributed by atoms with Gasteiger partial charge in [0.05, 0.1) is 25.8 Å². The molecule has 0 unspecified atom stereocenters. The van der Waals surface area contributed by atoms with Crippen LogP contribution in [-0.4, -0.2) is 47.8 Å². The van der Waals surface area contributed by atoms with E-state index in [1.807, 2.05) is 65.3 Å². The number of nitrogens with one attached hydrogen (secondary N) is 1. The van der Waals surface area contributed by atoms with Gasteiger partial charge in [-0.2, -0.15) is 5.10 Å². The third kappa shape index (κ3) is 4.91. The number of carbonyl (C=O) groups excluding carboxylic acids is 1. The quantitative estimate of drug-likeness (QED) is 0.440. The molecule has 1 atom stereocenters. The number of aromatic nitrogens is 3. The standard InChI is InChI=1S/C27H29N5O3/c1-34-22-9-3-6-19(14-22)17-29-27(33)21-8-5-12-31(18-21)26-25-16-24(30-32(25)13-11-28-26)20-7-4-10-23(15-20)35-2/h3-4,6-7,9-11,13-16,21H,5,8,12,17-18H2,1-2H3,(H,29,33)/t21-/m1/s1. The number of rotatable bonds is 7. The Morgan fingerprint density at radius 3 is 2.71 bits per heavy atom. The summed E-state index contributed by atoms with van der Waals surface area (Å²) in [6.45, 7) is 1.95. The fourth-order valence-corrected chi connectivity index (χ4v) is 4.57. The second-order valence-electron chi connectivity index (χ2n) is 8.70. The van der Waals surface area contributed by atoms with Crippen LogP contribution in [-0.2, 0) is 11.3 Å². The van der Waals surface area contributed by atoms with Gasteiger partial charge in [0, 0.05) is 37.6 Å². The van der Waals surface area contributed by atoms with Crippen LogP contribution in [0.1, 0.15) is 18.4 Å². The Bertz CT molecular complexity index is 1340. The van der Waals surface area contributed by atoms with Crippen molar-refractivity contribution in [2.45, 2.75) is 19.4 Å². The number of fused-ring (bicyclic) bond motifs is 1. The van der Waals surface area contributed by atoms with Crippen LogP contribution >= 0.6 is 0 Å². The maximum atomic E-state index is 13.0. The van der Waals surface area contributed by atoms with E-state index >= 15 is 0 Å². The molecule has 180 valence electrons. The zero-order valence-electron chi connectivity index (χ0n) is 20.0. The lowest BCUT2D eigenvalue weighted by Crippen LogP contribution is -2.43. The van der Waals surface area contributed by atoms with Gasteiger partial charge >= 0.3 is 0 Å². The number of piperidine rings is 1. The highest BCUT2D eigenvalue weighted by molar-refractivity contribution is 5.81. The van der Waals surface area contributed by atoms with Gasteiger partial charge in [-0.25, -0.2) is 9.50 Å². The summed E-state index contributed by atoms with van der Waals surface area (Å²) >= 11 is 0. The number of methoxy groups -OCH3 is 2. The van der Waals surface area contributed by atoms with Crippen molar-refractivity contribution in [3.05, 3.63) is 72.6 Å². The van der Waals surface area contributed by atoms with Crippen LogP contribution in [0, 0.1) is 5.92 Å². The van der Waals surface area contributed by atoms with Crippen molar-refractivity contribution >= 4 is 17.2 Å². The molecule has 5 rings (SSSR count). The molecule has 8 nitrogen and oxygen atoms in total. The van der Waals surface area contributed by atoms with Gasteiger partial charge in [-0.3, -0.25) is 4.79 Å². The SMILES string of the molecule is COc1cccc(CNC(=O)[C@@H]2CCCN(c3nccn4nc(-c5cccc(OC)c5)cc34)C2)c1. The number of ether oxygens (including phenoxy) is 2. The largest absolute Gasteiger partial charge is 0.497 e. The zero-order chi connectivity index (χ0) is 24.2. The van der Waals surface area contributed by atoms with Gasteiger partial charge in [0.15, 0.2) is 5.82 Å². The minimum Gasteiger partial charge on any atom is -0.497 e. The first-order valence-corrected chi connectivity index (χ1v) is 11.8. The summed E-state index contributed by atoms with van der Waals surface area (Å²) in [5.74, 6) is 2.39. The molecule has 1 fully saturated rings. The molecule has 4 aromatic rings. The molecular formula is C27H29N5O3. The van der Waals surface area contributed by atoms with E-state index in [1.165, 1.54) is 0 Å². The highest BCUT2D eigenvalue weighted by Gasteiger charge is 2.27. The third-order valence-corrected chi connectivity index (χ3v) is 6.43. The molecule has 3 heterocycles. The second-order valence-corrected chi connectivity index (χ2v) is 8.70. The molecule has 0 spiro atoms. The molecular weight excluding hydrogens is 442 g/mol. The molecule has 1 N–H and O–H groups in total. The van der Waals surface area contributed by atoms with E-state index < -0.39 is 0 Å². The lowest BCUT2D eigenvalue weighted by atomic mass is 9.97. The van der Waals surface area contributed by atoms with Crippen molar-refractivity contribution < 1.29 is 14.3 Å². The first-order chi connectivity index (χ1) is 17.1. The smallest absolute Gasteiger partial charge is 0.225 e. The minimum atomic E-state index is -0.0998. The molecule has 8 heteroatoms. The first kappa shape index (κ1) is 22.7. The second kappa shape index (κ2) is 10.0. The number of benzene rings is 2. The Kier molecular flexibility index (Phi) is 6.52.